The number of hydrogen-bond acceptors (Lipinski definition) is 6. The molecule has 1 saturated heterocycles. The molecule has 0 aromatic heterocycles. The lowest BCUT2D eigenvalue weighted by Crippen LogP contribution is -2.51. The summed E-state index contributed by atoms with van der Waals surface area (Å²) in [4.78, 5) is 12.2. The van der Waals surface area contributed by atoms with Gasteiger partial charge in [-0.15, -0.1) is 0 Å². The van der Waals surface area contributed by atoms with Crippen molar-refractivity contribution in [3.63, 3.8) is 0 Å². The fourth-order valence-corrected chi connectivity index (χ4v) is 4.83. The lowest BCUT2D eigenvalue weighted by atomic mass is 9.92. The minimum Gasteiger partial charge on any atom is -0.497 e. The Kier molecular flexibility index (Phi) is 6.92. The average Bonchev–Trinajstić information content (AvgIpc) is 2.65. The summed E-state index contributed by atoms with van der Waals surface area (Å²) in [7, 11) is -2.32. The Morgan fingerprint density at radius 2 is 2.07 bits per heavy atom. The zero-order valence-electron chi connectivity index (χ0n) is 16.0. The van der Waals surface area contributed by atoms with Gasteiger partial charge in [0.15, 0.2) is 0 Å². The molecule has 0 radical (unpaired) electrons. The van der Waals surface area contributed by atoms with Crippen LogP contribution in [0.25, 0.3) is 0 Å². The molecule has 1 aromatic carbocycles. The van der Waals surface area contributed by atoms with Crippen LogP contribution in [-0.4, -0.2) is 57.4 Å². The Hall–Kier alpha value is -1.68. The highest BCUT2D eigenvalue weighted by Gasteiger charge is 2.35. The second-order valence-electron chi connectivity index (χ2n) is 7.36. The Morgan fingerprint density at radius 1 is 1.29 bits per heavy atom. The Labute approximate surface area is 165 Å². The fraction of sp³-hybridized carbons (Fsp3) is 0.632. The number of rotatable bonds is 8. The van der Waals surface area contributed by atoms with Crippen LogP contribution >= 0.6 is 0 Å². The number of hydrogen-bond donors (Lipinski definition) is 3. The van der Waals surface area contributed by atoms with E-state index in [1.165, 1.54) is 19.2 Å². The van der Waals surface area contributed by atoms with Crippen molar-refractivity contribution in [3.8, 4) is 5.75 Å². The molecule has 0 spiro atoms. The van der Waals surface area contributed by atoms with Crippen molar-refractivity contribution >= 4 is 15.9 Å². The first-order valence-corrected chi connectivity index (χ1v) is 11.1. The summed E-state index contributed by atoms with van der Waals surface area (Å²) in [6.45, 7) is -0.327. The third-order valence-corrected chi connectivity index (χ3v) is 6.82. The van der Waals surface area contributed by atoms with Gasteiger partial charge in [0.25, 0.3) is 0 Å². The van der Waals surface area contributed by atoms with Gasteiger partial charge in [0.05, 0.1) is 43.3 Å². The normalized spacial score (nSPS) is 25.7. The first-order valence-electron chi connectivity index (χ1n) is 9.63. The van der Waals surface area contributed by atoms with Gasteiger partial charge < -0.3 is 19.9 Å². The van der Waals surface area contributed by atoms with Gasteiger partial charge in [-0.2, -0.15) is 0 Å². The van der Waals surface area contributed by atoms with E-state index in [-0.39, 0.29) is 36.0 Å². The van der Waals surface area contributed by atoms with Crippen molar-refractivity contribution in [2.24, 2.45) is 0 Å². The van der Waals surface area contributed by atoms with Gasteiger partial charge in [0.2, 0.25) is 15.9 Å². The van der Waals surface area contributed by atoms with E-state index in [2.05, 4.69) is 10.0 Å². The number of amides is 1. The highest BCUT2D eigenvalue weighted by Crippen LogP contribution is 2.25. The van der Waals surface area contributed by atoms with Gasteiger partial charge in [-0.25, -0.2) is 13.1 Å². The third-order valence-electron chi connectivity index (χ3n) is 5.34. The molecule has 0 unspecified atom stereocenters. The molecule has 1 saturated carbocycles. The van der Waals surface area contributed by atoms with Gasteiger partial charge in [0, 0.05) is 12.1 Å². The summed E-state index contributed by atoms with van der Waals surface area (Å²) in [5.74, 6) is 0.390. The fourth-order valence-electron chi connectivity index (χ4n) is 3.50. The maximum atomic E-state index is 12.7. The van der Waals surface area contributed by atoms with Crippen molar-refractivity contribution in [1.29, 1.82) is 0 Å². The summed E-state index contributed by atoms with van der Waals surface area (Å²) < 4.78 is 38.9. The first kappa shape index (κ1) is 21.0. The highest BCUT2D eigenvalue weighted by molar-refractivity contribution is 7.89. The number of nitrogens with one attached hydrogen (secondary N) is 2. The summed E-state index contributed by atoms with van der Waals surface area (Å²) in [6.07, 6.45) is 3.41. The zero-order valence-corrected chi connectivity index (χ0v) is 16.8. The summed E-state index contributed by atoms with van der Waals surface area (Å²) >= 11 is 0. The lowest BCUT2D eigenvalue weighted by molar-refractivity contribution is -0.131. The standard InChI is InChI=1S/C19H28N2O6S/c1-26-14-6-3-7-16(10-14)28(24,25)21-17-9-8-15(27-18(17)12-22)11-19(23)20-13-4-2-5-13/h3,6-7,10,13,15,17-18,21-22H,2,4-5,8-9,11-12H2,1H3,(H,20,23)/t15-,17+,18-/m1/s1. The van der Waals surface area contributed by atoms with Crippen LogP contribution < -0.4 is 14.8 Å². The molecule has 3 rings (SSSR count). The Bertz CT molecular complexity index is 780. The maximum Gasteiger partial charge on any atom is 0.241 e. The quantitative estimate of drug-likeness (QED) is 0.586. The second-order valence-corrected chi connectivity index (χ2v) is 9.08. The molecule has 1 amide bonds. The lowest BCUT2D eigenvalue weighted by Gasteiger charge is -2.36. The molecule has 1 aliphatic heterocycles. The maximum absolute atomic E-state index is 12.7. The molecule has 2 aliphatic rings. The molecule has 1 aromatic rings. The highest BCUT2D eigenvalue weighted by atomic mass is 32.2. The van der Waals surface area contributed by atoms with E-state index in [0.717, 1.165) is 19.3 Å². The van der Waals surface area contributed by atoms with Crippen LogP contribution in [0.15, 0.2) is 29.2 Å². The van der Waals surface area contributed by atoms with Crippen LogP contribution in [0.1, 0.15) is 38.5 Å². The number of carbonyl (C=O) groups is 1. The molecular weight excluding hydrogens is 384 g/mol. The average molecular weight is 413 g/mol. The molecular formula is C19H28N2O6S. The summed E-state index contributed by atoms with van der Waals surface area (Å²) in [5.41, 5.74) is 0. The van der Waals surface area contributed by atoms with E-state index in [1.54, 1.807) is 12.1 Å². The monoisotopic (exact) mass is 412 g/mol. The number of methoxy groups -OCH3 is 1. The van der Waals surface area contributed by atoms with Crippen molar-refractivity contribution in [2.75, 3.05) is 13.7 Å². The number of aliphatic hydroxyl groups excluding tert-OH is 1. The molecule has 2 fully saturated rings. The zero-order chi connectivity index (χ0) is 20.1. The number of benzene rings is 1. The van der Waals surface area contributed by atoms with Crippen molar-refractivity contribution in [3.05, 3.63) is 24.3 Å². The van der Waals surface area contributed by atoms with E-state index < -0.39 is 22.2 Å². The first-order chi connectivity index (χ1) is 13.4. The molecule has 9 heteroatoms. The molecule has 156 valence electrons. The minimum atomic E-state index is -3.79. The smallest absolute Gasteiger partial charge is 0.241 e. The van der Waals surface area contributed by atoms with Gasteiger partial charge >= 0.3 is 0 Å². The van der Waals surface area contributed by atoms with Crippen molar-refractivity contribution < 1.29 is 27.8 Å². The molecule has 8 nitrogen and oxygen atoms in total. The Balaban J connectivity index is 1.58. The number of ether oxygens (including phenoxy) is 2. The topological polar surface area (TPSA) is 114 Å². The summed E-state index contributed by atoms with van der Waals surface area (Å²) in [5, 5.41) is 12.6. The van der Waals surface area contributed by atoms with Crippen molar-refractivity contribution in [1.82, 2.24) is 10.0 Å². The molecule has 3 N–H and O–H groups in total. The van der Waals surface area contributed by atoms with E-state index >= 15 is 0 Å². The van der Waals surface area contributed by atoms with Crippen LogP contribution in [-0.2, 0) is 19.6 Å². The van der Waals surface area contributed by atoms with E-state index in [0.29, 0.717) is 18.6 Å². The molecule has 28 heavy (non-hydrogen) atoms. The van der Waals surface area contributed by atoms with Gasteiger partial charge in [-0.1, -0.05) is 6.07 Å². The number of sulfonamides is 1. The van der Waals surface area contributed by atoms with Gasteiger partial charge in [-0.3, -0.25) is 4.79 Å². The summed E-state index contributed by atoms with van der Waals surface area (Å²) in [6, 6.07) is 5.90. The predicted molar refractivity (Wildman–Crippen MR) is 102 cm³/mol. The van der Waals surface area contributed by atoms with Gasteiger partial charge in [0.1, 0.15) is 5.75 Å². The largest absolute Gasteiger partial charge is 0.497 e. The van der Waals surface area contributed by atoms with E-state index in [1.807, 2.05) is 0 Å². The third kappa shape index (κ3) is 5.22. The van der Waals surface area contributed by atoms with E-state index in [9.17, 15) is 18.3 Å². The molecule has 3 atom stereocenters. The number of carbonyl (C=O) groups excluding carboxylic acids is 1. The second kappa shape index (κ2) is 9.21. The minimum absolute atomic E-state index is 0.0539. The SMILES string of the molecule is COc1cccc(S(=O)(=O)N[C@H]2CC[C@H](CC(=O)NC3CCC3)O[C@@H]2CO)c1. The van der Waals surface area contributed by atoms with E-state index in [4.69, 9.17) is 9.47 Å². The van der Waals surface area contributed by atoms with Gasteiger partial charge in [-0.05, 0) is 44.2 Å². The Morgan fingerprint density at radius 3 is 2.71 bits per heavy atom. The predicted octanol–water partition coefficient (Wildman–Crippen LogP) is 0.941. The molecule has 1 aliphatic carbocycles. The van der Waals surface area contributed by atoms with Crippen LogP contribution in [0.3, 0.4) is 0 Å². The van der Waals surface area contributed by atoms with Crippen LogP contribution in [0.5, 0.6) is 5.75 Å². The van der Waals surface area contributed by atoms with Crippen molar-refractivity contribution in [2.45, 2.75) is 67.7 Å². The molecule has 1 heterocycles. The van der Waals surface area contributed by atoms with Crippen LogP contribution in [0, 0.1) is 0 Å². The molecule has 0 bridgehead atoms. The van der Waals surface area contributed by atoms with Crippen LogP contribution in [0.2, 0.25) is 0 Å². The number of aliphatic hydroxyl groups is 1. The van der Waals surface area contributed by atoms with Crippen LogP contribution in [0.4, 0.5) is 0 Å².